The van der Waals surface area contributed by atoms with Gasteiger partial charge in [-0.25, -0.2) is 0 Å². The summed E-state index contributed by atoms with van der Waals surface area (Å²) in [4.78, 5) is 0. The summed E-state index contributed by atoms with van der Waals surface area (Å²) < 4.78 is 0. The van der Waals surface area contributed by atoms with Crippen molar-refractivity contribution in [3.63, 3.8) is 0 Å². The number of fused-ring (bicyclic) bond motifs is 1. The van der Waals surface area contributed by atoms with E-state index in [1.807, 2.05) is 13.0 Å². The summed E-state index contributed by atoms with van der Waals surface area (Å²) >= 11 is 0. The molecule has 0 radical (unpaired) electrons. The van der Waals surface area contributed by atoms with E-state index in [1.165, 1.54) is 24.0 Å². The first-order chi connectivity index (χ1) is 6.18. The summed E-state index contributed by atoms with van der Waals surface area (Å²) in [6, 6.07) is 3.90. The van der Waals surface area contributed by atoms with Crippen LogP contribution in [0, 0.1) is 12.8 Å². The van der Waals surface area contributed by atoms with E-state index in [0.717, 1.165) is 17.9 Å². The minimum absolute atomic E-state index is 0.452. The van der Waals surface area contributed by atoms with Crippen molar-refractivity contribution in [1.82, 2.24) is 0 Å². The average molecular weight is 176 g/mol. The third-order valence-electron chi connectivity index (χ3n) is 3.12. The maximum Gasteiger partial charge on any atom is 0.118 e. The number of phenols is 1. The highest BCUT2D eigenvalue weighted by Gasteiger charge is 2.17. The highest BCUT2D eigenvalue weighted by molar-refractivity contribution is 5.44. The zero-order valence-corrected chi connectivity index (χ0v) is 8.30. The van der Waals surface area contributed by atoms with E-state index >= 15 is 0 Å². The molecule has 1 aromatic carbocycles. The molecule has 1 aliphatic carbocycles. The van der Waals surface area contributed by atoms with Gasteiger partial charge in [-0.1, -0.05) is 13.0 Å². The van der Waals surface area contributed by atoms with Crippen LogP contribution < -0.4 is 0 Å². The van der Waals surface area contributed by atoms with Crippen LogP contribution in [0.3, 0.4) is 0 Å². The number of aromatic hydroxyl groups is 1. The molecule has 13 heavy (non-hydrogen) atoms. The van der Waals surface area contributed by atoms with E-state index in [1.54, 1.807) is 0 Å². The van der Waals surface area contributed by atoms with Gasteiger partial charge in [0.2, 0.25) is 0 Å². The van der Waals surface area contributed by atoms with Crippen LogP contribution in [-0.2, 0) is 12.8 Å². The van der Waals surface area contributed by atoms with Crippen molar-refractivity contribution in [2.75, 3.05) is 0 Å². The van der Waals surface area contributed by atoms with Gasteiger partial charge >= 0.3 is 0 Å². The lowest BCUT2D eigenvalue weighted by Crippen LogP contribution is -2.12. The van der Waals surface area contributed by atoms with Crippen LogP contribution >= 0.6 is 0 Å². The molecule has 0 saturated carbocycles. The van der Waals surface area contributed by atoms with Gasteiger partial charge in [0.25, 0.3) is 0 Å². The molecule has 0 bridgehead atoms. The number of rotatable bonds is 0. The summed E-state index contributed by atoms with van der Waals surface area (Å²) in [6.45, 7) is 4.31. The molecule has 2 rings (SSSR count). The molecule has 0 saturated heterocycles. The second-order valence-corrected chi connectivity index (χ2v) is 4.20. The average Bonchev–Trinajstić information content (AvgIpc) is 2.12. The molecule has 1 nitrogen and oxygen atoms in total. The van der Waals surface area contributed by atoms with E-state index in [9.17, 15) is 5.11 Å². The Labute approximate surface area is 79.4 Å². The fourth-order valence-electron chi connectivity index (χ4n) is 2.21. The molecule has 1 atom stereocenters. The van der Waals surface area contributed by atoms with Gasteiger partial charge in [-0.3, -0.25) is 0 Å². The van der Waals surface area contributed by atoms with E-state index in [2.05, 4.69) is 13.0 Å². The van der Waals surface area contributed by atoms with Crippen LogP contribution in [0.25, 0.3) is 0 Å². The summed E-state index contributed by atoms with van der Waals surface area (Å²) in [6.07, 6.45) is 3.57. The van der Waals surface area contributed by atoms with Crippen LogP contribution in [0.1, 0.15) is 30.0 Å². The highest BCUT2D eigenvalue weighted by Crippen LogP contribution is 2.31. The van der Waals surface area contributed by atoms with Crippen molar-refractivity contribution in [2.24, 2.45) is 5.92 Å². The molecule has 0 fully saturated rings. The SMILES string of the molecule is Cc1c(O)ccc2c1CCC(C)C2. The van der Waals surface area contributed by atoms with Crippen LogP contribution in [0.2, 0.25) is 0 Å². The van der Waals surface area contributed by atoms with Gasteiger partial charge in [0.05, 0.1) is 0 Å². The molecule has 0 aromatic heterocycles. The highest BCUT2D eigenvalue weighted by atomic mass is 16.3. The molecule has 0 heterocycles. The lowest BCUT2D eigenvalue weighted by Gasteiger charge is -2.23. The second-order valence-electron chi connectivity index (χ2n) is 4.20. The van der Waals surface area contributed by atoms with E-state index < -0.39 is 0 Å². The van der Waals surface area contributed by atoms with Gasteiger partial charge in [0.1, 0.15) is 5.75 Å². The van der Waals surface area contributed by atoms with Crippen molar-refractivity contribution >= 4 is 0 Å². The minimum atomic E-state index is 0.452. The minimum Gasteiger partial charge on any atom is -0.508 e. The molecule has 1 heteroatoms. The monoisotopic (exact) mass is 176 g/mol. The van der Waals surface area contributed by atoms with Crippen molar-refractivity contribution < 1.29 is 5.11 Å². The first-order valence-corrected chi connectivity index (χ1v) is 4.99. The van der Waals surface area contributed by atoms with E-state index in [4.69, 9.17) is 0 Å². The van der Waals surface area contributed by atoms with Crippen LogP contribution in [0.5, 0.6) is 5.75 Å². The number of benzene rings is 1. The van der Waals surface area contributed by atoms with Crippen LogP contribution in [0.4, 0.5) is 0 Å². The predicted octanol–water partition coefficient (Wildman–Crippen LogP) is 2.83. The van der Waals surface area contributed by atoms with E-state index in [0.29, 0.717) is 5.75 Å². The Balaban J connectivity index is 2.47. The van der Waals surface area contributed by atoms with Gasteiger partial charge in [-0.05, 0) is 54.9 Å². The molecule has 1 N–H and O–H groups in total. The molecule has 1 aromatic rings. The molecule has 0 amide bonds. The van der Waals surface area contributed by atoms with E-state index in [-0.39, 0.29) is 0 Å². The second kappa shape index (κ2) is 3.06. The molecule has 0 aliphatic heterocycles. The van der Waals surface area contributed by atoms with Crippen molar-refractivity contribution in [3.8, 4) is 5.75 Å². The maximum absolute atomic E-state index is 9.54. The van der Waals surface area contributed by atoms with Crippen LogP contribution in [0.15, 0.2) is 12.1 Å². The topological polar surface area (TPSA) is 20.2 Å². The summed E-state index contributed by atoms with van der Waals surface area (Å²) in [5, 5.41) is 9.54. The first kappa shape index (κ1) is 8.61. The Morgan fingerprint density at radius 3 is 2.92 bits per heavy atom. The number of phenolic OH excluding ortho intramolecular Hbond substituents is 1. The number of hydrogen-bond donors (Lipinski definition) is 1. The standard InChI is InChI=1S/C12H16O/c1-8-3-5-11-9(2)12(13)6-4-10(11)7-8/h4,6,8,13H,3,5,7H2,1-2H3. The van der Waals surface area contributed by atoms with Crippen molar-refractivity contribution in [3.05, 3.63) is 28.8 Å². The van der Waals surface area contributed by atoms with Gasteiger partial charge in [-0.2, -0.15) is 0 Å². The molecule has 1 unspecified atom stereocenters. The Bertz CT molecular complexity index is 328. The summed E-state index contributed by atoms with van der Waals surface area (Å²) in [7, 11) is 0. The van der Waals surface area contributed by atoms with Gasteiger partial charge in [0, 0.05) is 0 Å². The Kier molecular flexibility index (Phi) is 2.03. The zero-order chi connectivity index (χ0) is 9.42. The maximum atomic E-state index is 9.54. The summed E-state index contributed by atoms with van der Waals surface area (Å²) in [5.41, 5.74) is 3.91. The Morgan fingerprint density at radius 2 is 2.15 bits per heavy atom. The molecule has 1 aliphatic rings. The summed E-state index contributed by atoms with van der Waals surface area (Å²) in [5.74, 6) is 1.25. The van der Waals surface area contributed by atoms with Crippen molar-refractivity contribution in [1.29, 1.82) is 0 Å². The fourth-order valence-corrected chi connectivity index (χ4v) is 2.21. The largest absolute Gasteiger partial charge is 0.508 e. The fraction of sp³-hybridized carbons (Fsp3) is 0.500. The van der Waals surface area contributed by atoms with Crippen LogP contribution in [-0.4, -0.2) is 5.11 Å². The first-order valence-electron chi connectivity index (χ1n) is 4.99. The number of hydrogen-bond acceptors (Lipinski definition) is 1. The normalized spacial score (nSPS) is 21.2. The molecule has 70 valence electrons. The zero-order valence-electron chi connectivity index (χ0n) is 8.30. The molecular weight excluding hydrogens is 160 g/mol. The van der Waals surface area contributed by atoms with Crippen molar-refractivity contribution in [2.45, 2.75) is 33.1 Å². The van der Waals surface area contributed by atoms with Gasteiger partial charge < -0.3 is 5.11 Å². The lowest BCUT2D eigenvalue weighted by molar-refractivity contribution is 0.461. The third-order valence-corrected chi connectivity index (χ3v) is 3.12. The Morgan fingerprint density at radius 1 is 1.38 bits per heavy atom. The third kappa shape index (κ3) is 1.43. The lowest BCUT2D eigenvalue weighted by atomic mass is 9.83. The quantitative estimate of drug-likeness (QED) is 0.644. The molecule has 0 spiro atoms. The van der Waals surface area contributed by atoms with Gasteiger partial charge in [0.15, 0.2) is 0 Å². The molecular formula is C12H16O. The van der Waals surface area contributed by atoms with Gasteiger partial charge in [-0.15, -0.1) is 0 Å². The predicted molar refractivity (Wildman–Crippen MR) is 54.0 cm³/mol. The smallest absolute Gasteiger partial charge is 0.118 e. The Hall–Kier alpha value is -0.980.